The SMILES string of the molecule is FC(F)(F)c1cccc(Sn2cc(C3=CCC(N4CCC4)CC3)c3ncccc32)c1. The average Bonchev–Trinajstić information content (AvgIpc) is 3.06. The van der Waals surface area contributed by atoms with Gasteiger partial charge in [-0.25, -0.2) is 0 Å². The molecule has 1 aliphatic carbocycles. The quantitative estimate of drug-likeness (QED) is 0.489. The molecule has 3 aromatic rings. The second kappa shape index (κ2) is 7.78. The molecule has 30 heavy (non-hydrogen) atoms. The number of fused-ring (bicyclic) bond motifs is 1. The summed E-state index contributed by atoms with van der Waals surface area (Å²) in [5.41, 5.74) is 3.58. The van der Waals surface area contributed by atoms with Gasteiger partial charge in [0.1, 0.15) is 0 Å². The first-order chi connectivity index (χ1) is 14.5. The lowest BCUT2D eigenvalue weighted by Crippen LogP contribution is -2.45. The number of pyridine rings is 1. The second-order valence-electron chi connectivity index (χ2n) is 7.90. The maximum absolute atomic E-state index is 13.1. The smallest absolute Gasteiger partial charge is 0.300 e. The normalized spacial score (nSPS) is 20.2. The van der Waals surface area contributed by atoms with Crippen molar-refractivity contribution >= 4 is 28.6 Å². The summed E-state index contributed by atoms with van der Waals surface area (Å²) in [5.74, 6) is 0. The van der Waals surface area contributed by atoms with Gasteiger partial charge < -0.3 is 0 Å². The van der Waals surface area contributed by atoms with E-state index < -0.39 is 11.7 Å². The van der Waals surface area contributed by atoms with E-state index in [1.807, 2.05) is 22.3 Å². The number of likely N-dealkylation sites (tertiary alicyclic amines) is 1. The third-order valence-electron chi connectivity index (χ3n) is 6.03. The number of benzene rings is 1. The number of hydrogen-bond acceptors (Lipinski definition) is 3. The molecule has 3 heterocycles. The van der Waals surface area contributed by atoms with Gasteiger partial charge in [0.2, 0.25) is 0 Å². The fourth-order valence-corrected chi connectivity index (χ4v) is 5.24. The van der Waals surface area contributed by atoms with Crippen LogP contribution in [0, 0.1) is 0 Å². The molecule has 156 valence electrons. The summed E-state index contributed by atoms with van der Waals surface area (Å²) in [5, 5.41) is 0. The molecular formula is C23H22F3N3S. The standard InChI is InChI=1S/C23H22F3N3S/c24-23(25,26)17-4-1-5-19(14-17)30-29-15-20(22-21(29)6-2-11-27-22)16-7-9-18(10-8-16)28-12-3-13-28/h1-2,4-7,11,14-15,18H,3,8-10,12-13H2. The lowest BCUT2D eigenvalue weighted by Gasteiger charge is -2.39. The first-order valence-electron chi connectivity index (χ1n) is 10.2. The zero-order chi connectivity index (χ0) is 20.7. The van der Waals surface area contributed by atoms with Crippen LogP contribution in [0.5, 0.6) is 0 Å². The van der Waals surface area contributed by atoms with Crippen molar-refractivity contribution in [3.8, 4) is 0 Å². The van der Waals surface area contributed by atoms with Crippen LogP contribution in [-0.4, -0.2) is 33.0 Å². The summed E-state index contributed by atoms with van der Waals surface area (Å²) < 4.78 is 41.2. The third kappa shape index (κ3) is 3.76. The first-order valence-corrected chi connectivity index (χ1v) is 11.0. The molecule has 1 aliphatic heterocycles. The van der Waals surface area contributed by atoms with Crippen molar-refractivity contribution in [2.75, 3.05) is 13.1 Å². The molecule has 1 fully saturated rings. The van der Waals surface area contributed by atoms with E-state index in [2.05, 4.69) is 16.0 Å². The highest BCUT2D eigenvalue weighted by molar-refractivity contribution is 7.98. The molecule has 0 radical (unpaired) electrons. The van der Waals surface area contributed by atoms with Gasteiger partial charge in [-0.3, -0.25) is 13.9 Å². The predicted octanol–water partition coefficient (Wildman–Crippen LogP) is 6.25. The van der Waals surface area contributed by atoms with Crippen LogP contribution in [-0.2, 0) is 6.18 Å². The summed E-state index contributed by atoms with van der Waals surface area (Å²) >= 11 is 1.29. The number of aromatic nitrogens is 2. The van der Waals surface area contributed by atoms with Crippen LogP contribution in [0.1, 0.15) is 36.8 Å². The molecule has 0 amide bonds. The van der Waals surface area contributed by atoms with E-state index in [0.29, 0.717) is 10.9 Å². The van der Waals surface area contributed by atoms with Crippen molar-refractivity contribution in [1.82, 2.24) is 13.9 Å². The molecule has 3 nitrogen and oxygen atoms in total. The summed E-state index contributed by atoms with van der Waals surface area (Å²) in [4.78, 5) is 7.69. The van der Waals surface area contributed by atoms with Gasteiger partial charge in [0.15, 0.2) is 0 Å². The van der Waals surface area contributed by atoms with Crippen LogP contribution in [0.3, 0.4) is 0 Å². The fraction of sp³-hybridized carbons (Fsp3) is 0.348. The van der Waals surface area contributed by atoms with Crippen LogP contribution < -0.4 is 0 Å². The Balaban J connectivity index is 1.46. The Bertz CT molecular complexity index is 1100. The number of nitrogens with zero attached hydrogens (tertiary/aromatic N) is 3. The minimum absolute atomic E-state index is 0.549. The van der Waals surface area contributed by atoms with E-state index in [1.165, 1.54) is 49.2 Å². The third-order valence-corrected chi connectivity index (χ3v) is 6.99. The van der Waals surface area contributed by atoms with Crippen molar-refractivity contribution in [3.63, 3.8) is 0 Å². The van der Waals surface area contributed by atoms with Gasteiger partial charge in [0.25, 0.3) is 0 Å². The van der Waals surface area contributed by atoms with Crippen LogP contribution in [0.2, 0.25) is 0 Å². The highest BCUT2D eigenvalue weighted by Crippen LogP contribution is 2.38. The maximum atomic E-state index is 13.1. The molecule has 0 N–H and O–H groups in total. The molecule has 7 heteroatoms. The van der Waals surface area contributed by atoms with Gasteiger partial charge >= 0.3 is 6.18 Å². The van der Waals surface area contributed by atoms with E-state index in [9.17, 15) is 13.2 Å². The molecule has 2 aromatic heterocycles. The van der Waals surface area contributed by atoms with Gasteiger partial charge in [-0.05, 0) is 86.6 Å². The van der Waals surface area contributed by atoms with Crippen molar-refractivity contribution < 1.29 is 13.2 Å². The highest BCUT2D eigenvalue weighted by Gasteiger charge is 2.30. The molecule has 0 saturated carbocycles. The molecule has 1 unspecified atom stereocenters. The van der Waals surface area contributed by atoms with Gasteiger partial charge in [0.05, 0.1) is 16.6 Å². The van der Waals surface area contributed by atoms with Crippen molar-refractivity contribution in [1.29, 1.82) is 0 Å². The summed E-state index contributed by atoms with van der Waals surface area (Å²) in [7, 11) is 0. The van der Waals surface area contributed by atoms with Gasteiger partial charge in [-0.2, -0.15) is 13.2 Å². The van der Waals surface area contributed by atoms with Crippen molar-refractivity contribution in [3.05, 3.63) is 66.0 Å². The summed E-state index contributed by atoms with van der Waals surface area (Å²) in [6, 6.07) is 9.94. The van der Waals surface area contributed by atoms with E-state index in [-0.39, 0.29) is 0 Å². The van der Waals surface area contributed by atoms with Gasteiger partial charge in [-0.15, -0.1) is 0 Å². The molecule has 2 aliphatic rings. The minimum Gasteiger partial charge on any atom is -0.300 e. The topological polar surface area (TPSA) is 21.1 Å². The Hall–Kier alpha value is -2.25. The number of rotatable bonds is 4. The zero-order valence-corrected chi connectivity index (χ0v) is 17.2. The molecule has 1 aromatic carbocycles. The Kier molecular flexibility index (Phi) is 5.11. The summed E-state index contributed by atoms with van der Waals surface area (Å²) in [6.07, 6.45) is 6.29. The average molecular weight is 430 g/mol. The lowest BCUT2D eigenvalue weighted by molar-refractivity contribution is -0.137. The van der Waals surface area contributed by atoms with Crippen LogP contribution >= 0.6 is 11.9 Å². The number of allylic oxidation sites excluding steroid dienone is 1. The molecular weight excluding hydrogens is 407 g/mol. The van der Waals surface area contributed by atoms with Crippen molar-refractivity contribution in [2.45, 2.75) is 42.8 Å². The Morgan fingerprint density at radius 3 is 2.67 bits per heavy atom. The van der Waals surface area contributed by atoms with Crippen LogP contribution in [0.15, 0.2) is 59.8 Å². The highest BCUT2D eigenvalue weighted by atomic mass is 32.2. The summed E-state index contributed by atoms with van der Waals surface area (Å²) in [6.45, 7) is 2.42. The second-order valence-corrected chi connectivity index (χ2v) is 8.95. The fourth-order valence-electron chi connectivity index (χ4n) is 4.29. The van der Waals surface area contributed by atoms with Gasteiger partial charge in [0, 0.05) is 28.9 Å². The molecule has 5 rings (SSSR count). The van der Waals surface area contributed by atoms with E-state index >= 15 is 0 Å². The molecule has 0 bridgehead atoms. The monoisotopic (exact) mass is 429 g/mol. The van der Waals surface area contributed by atoms with E-state index in [1.54, 1.807) is 12.3 Å². The maximum Gasteiger partial charge on any atom is 0.416 e. The lowest BCUT2D eigenvalue weighted by atomic mass is 9.89. The number of alkyl halides is 3. The minimum atomic E-state index is -4.35. The van der Waals surface area contributed by atoms with Crippen LogP contribution in [0.4, 0.5) is 13.2 Å². The Morgan fingerprint density at radius 2 is 1.97 bits per heavy atom. The largest absolute Gasteiger partial charge is 0.416 e. The van der Waals surface area contributed by atoms with Crippen LogP contribution in [0.25, 0.3) is 16.6 Å². The molecule has 0 spiro atoms. The van der Waals surface area contributed by atoms with Gasteiger partial charge in [-0.1, -0.05) is 12.1 Å². The molecule has 1 atom stereocenters. The Labute approximate surface area is 177 Å². The van der Waals surface area contributed by atoms with E-state index in [4.69, 9.17) is 0 Å². The number of halogens is 3. The number of hydrogen-bond donors (Lipinski definition) is 0. The predicted molar refractivity (Wildman–Crippen MR) is 114 cm³/mol. The zero-order valence-electron chi connectivity index (χ0n) is 16.4. The van der Waals surface area contributed by atoms with E-state index in [0.717, 1.165) is 41.9 Å². The van der Waals surface area contributed by atoms with Crippen molar-refractivity contribution in [2.24, 2.45) is 0 Å². The molecule has 1 saturated heterocycles. The Morgan fingerprint density at radius 1 is 1.10 bits per heavy atom. The first kappa shape index (κ1) is 19.7.